The van der Waals surface area contributed by atoms with Crippen molar-refractivity contribution in [1.29, 1.82) is 0 Å². The molecular weight excluding hydrogens is 408 g/mol. The van der Waals surface area contributed by atoms with Crippen molar-refractivity contribution < 1.29 is 23.9 Å². The van der Waals surface area contributed by atoms with Gasteiger partial charge in [-0.25, -0.2) is 4.90 Å². The number of rotatable bonds is 6. The Labute approximate surface area is 184 Å². The molecule has 3 aromatic rings. The van der Waals surface area contributed by atoms with Crippen molar-refractivity contribution in [2.75, 3.05) is 24.4 Å². The monoisotopic (exact) mass is 428 g/mol. The highest BCUT2D eigenvalue weighted by molar-refractivity contribution is 6.34. The summed E-state index contributed by atoms with van der Waals surface area (Å²) in [5.74, 6) is 0.0676. The number of carbonyl (C=O) groups excluding carboxylic acids is 3. The maximum absolute atomic E-state index is 12.7. The Morgan fingerprint density at radius 1 is 0.875 bits per heavy atom. The van der Waals surface area contributed by atoms with Gasteiger partial charge in [0.05, 0.1) is 31.0 Å². The molecule has 160 valence electrons. The van der Waals surface area contributed by atoms with Crippen LogP contribution in [-0.2, 0) is 4.79 Å². The van der Waals surface area contributed by atoms with E-state index in [1.807, 2.05) is 0 Å². The van der Waals surface area contributed by atoms with Gasteiger partial charge in [0, 0.05) is 23.4 Å². The summed E-state index contributed by atoms with van der Waals surface area (Å²) in [6, 6.07) is 18.5. The second kappa shape index (κ2) is 8.77. The third kappa shape index (κ3) is 3.96. The molecule has 4 rings (SSSR count). The predicted octanol–water partition coefficient (Wildman–Crippen LogP) is 4.16. The van der Waals surface area contributed by atoms with E-state index < -0.39 is 0 Å². The number of fused-ring (bicyclic) bond motifs is 1. The topological polar surface area (TPSA) is 84.9 Å². The molecular formula is C25H20N2O5. The predicted molar refractivity (Wildman–Crippen MR) is 121 cm³/mol. The molecule has 3 aromatic carbocycles. The van der Waals surface area contributed by atoms with Gasteiger partial charge in [0.1, 0.15) is 11.5 Å². The van der Waals surface area contributed by atoms with Gasteiger partial charge >= 0.3 is 0 Å². The molecule has 7 nitrogen and oxygen atoms in total. The van der Waals surface area contributed by atoms with Crippen LogP contribution in [0.2, 0.25) is 0 Å². The first-order chi connectivity index (χ1) is 15.5. The number of methoxy groups -OCH3 is 2. The van der Waals surface area contributed by atoms with Gasteiger partial charge in [-0.3, -0.25) is 14.4 Å². The minimum absolute atomic E-state index is 0.364. The number of carbonyl (C=O) groups is 3. The van der Waals surface area contributed by atoms with Crippen LogP contribution in [0.25, 0.3) is 6.08 Å². The zero-order chi connectivity index (χ0) is 22.7. The van der Waals surface area contributed by atoms with Crippen LogP contribution in [-0.4, -0.2) is 31.9 Å². The molecule has 0 fully saturated rings. The first kappa shape index (κ1) is 20.9. The van der Waals surface area contributed by atoms with Crippen LogP contribution in [0.15, 0.2) is 72.8 Å². The highest BCUT2D eigenvalue weighted by Gasteiger charge is 2.36. The molecule has 1 aliphatic rings. The van der Waals surface area contributed by atoms with Crippen molar-refractivity contribution in [1.82, 2.24) is 0 Å². The van der Waals surface area contributed by atoms with E-state index >= 15 is 0 Å². The molecule has 0 radical (unpaired) electrons. The van der Waals surface area contributed by atoms with E-state index in [1.165, 1.54) is 13.2 Å². The SMILES string of the molecule is COc1ccc(/C=C/C(=O)Nc2cccc(N3C(=O)c4ccccc4C3=O)c2)c(OC)c1. The van der Waals surface area contributed by atoms with Crippen LogP contribution in [0.3, 0.4) is 0 Å². The van der Waals surface area contributed by atoms with Gasteiger partial charge in [0.2, 0.25) is 5.91 Å². The lowest BCUT2D eigenvalue weighted by Gasteiger charge is -2.15. The molecule has 0 atom stereocenters. The number of hydrogen-bond donors (Lipinski definition) is 1. The summed E-state index contributed by atoms with van der Waals surface area (Å²) < 4.78 is 10.5. The van der Waals surface area contributed by atoms with Crippen molar-refractivity contribution >= 4 is 35.2 Å². The van der Waals surface area contributed by atoms with Gasteiger partial charge in [-0.1, -0.05) is 18.2 Å². The average molecular weight is 428 g/mol. The molecule has 0 unspecified atom stereocenters. The third-order valence-corrected chi connectivity index (χ3v) is 5.02. The van der Waals surface area contributed by atoms with Crippen LogP contribution in [0.5, 0.6) is 11.5 Å². The lowest BCUT2D eigenvalue weighted by molar-refractivity contribution is -0.111. The number of imide groups is 1. The van der Waals surface area contributed by atoms with Crippen molar-refractivity contribution in [3.8, 4) is 11.5 Å². The van der Waals surface area contributed by atoms with E-state index in [4.69, 9.17) is 9.47 Å². The number of benzene rings is 3. The number of ether oxygens (including phenoxy) is 2. The Morgan fingerprint density at radius 3 is 2.25 bits per heavy atom. The van der Waals surface area contributed by atoms with Gasteiger partial charge in [0.15, 0.2) is 0 Å². The minimum atomic E-state index is -0.388. The largest absolute Gasteiger partial charge is 0.497 e. The molecule has 7 heteroatoms. The van der Waals surface area contributed by atoms with Crippen LogP contribution < -0.4 is 19.7 Å². The maximum Gasteiger partial charge on any atom is 0.266 e. The highest BCUT2D eigenvalue weighted by Crippen LogP contribution is 2.30. The van der Waals surface area contributed by atoms with Gasteiger partial charge in [-0.05, 0) is 48.5 Å². The number of nitrogens with one attached hydrogen (secondary N) is 1. The Balaban J connectivity index is 1.50. The van der Waals surface area contributed by atoms with Crippen LogP contribution in [0.4, 0.5) is 11.4 Å². The molecule has 1 N–H and O–H groups in total. The number of nitrogens with zero attached hydrogens (tertiary/aromatic N) is 1. The smallest absolute Gasteiger partial charge is 0.266 e. The zero-order valence-corrected chi connectivity index (χ0v) is 17.5. The first-order valence-corrected chi connectivity index (χ1v) is 9.81. The number of amides is 3. The Hall–Kier alpha value is -4.39. The van der Waals surface area contributed by atoms with Crippen LogP contribution >= 0.6 is 0 Å². The van der Waals surface area contributed by atoms with Gasteiger partial charge < -0.3 is 14.8 Å². The van der Waals surface area contributed by atoms with Crippen molar-refractivity contribution in [2.45, 2.75) is 0 Å². The summed E-state index contributed by atoms with van der Waals surface area (Å²) in [5, 5.41) is 2.75. The second-order valence-electron chi connectivity index (χ2n) is 6.97. The van der Waals surface area contributed by atoms with E-state index in [-0.39, 0.29) is 17.7 Å². The van der Waals surface area contributed by atoms with Crippen molar-refractivity contribution in [3.63, 3.8) is 0 Å². The fraction of sp³-hybridized carbons (Fsp3) is 0.0800. The highest BCUT2D eigenvalue weighted by atomic mass is 16.5. The molecule has 1 aliphatic heterocycles. The fourth-order valence-corrected chi connectivity index (χ4v) is 3.45. The summed E-state index contributed by atoms with van der Waals surface area (Å²) >= 11 is 0. The molecule has 0 aromatic heterocycles. The summed E-state index contributed by atoms with van der Waals surface area (Å²) in [4.78, 5) is 38.9. The van der Waals surface area contributed by atoms with E-state index in [0.29, 0.717) is 39.6 Å². The summed E-state index contributed by atoms with van der Waals surface area (Å²) in [6.45, 7) is 0. The number of anilines is 2. The second-order valence-corrected chi connectivity index (χ2v) is 6.97. The molecule has 1 heterocycles. The van der Waals surface area contributed by atoms with Gasteiger partial charge in [-0.2, -0.15) is 0 Å². The molecule has 3 amide bonds. The molecule has 0 bridgehead atoms. The molecule has 0 saturated heterocycles. The summed E-state index contributed by atoms with van der Waals surface area (Å²) in [6.07, 6.45) is 3.00. The van der Waals surface area contributed by atoms with Crippen molar-refractivity contribution in [2.24, 2.45) is 0 Å². The minimum Gasteiger partial charge on any atom is -0.497 e. The molecule has 32 heavy (non-hydrogen) atoms. The zero-order valence-electron chi connectivity index (χ0n) is 17.5. The standard InChI is InChI=1S/C25H20N2O5/c1-31-19-12-10-16(22(15-19)32-2)11-13-23(28)26-17-6-5-7-18(14-17)27-24(29)20-8-3-4-9-21(20)25(27)30/h3-15H,1-2H3,(H,26,28)/b13-11+. The average Bonchev–Trinajstić information content (AvgIpc) is 3.08. The Bertz CT molecular complexity index is 1210. The quantitative estimate of drug-likeness (QED) is 0.471. The van der Waals surface area contributed by atoms with Crippen LogP contribution in [0.1, 0.15) is 26.3 Å². The lowest BCUT2D eigenvalue weighted by Crippen LogP contribution is -2.29. The van der Waals surface area contributed by atoms with Crippen molar-refractivity contribution in [3.05, 3.63) is 89.5 Å². The first-order valence-electron chi connectivity index (χ1n) is 9.81. The summed E-state index contributed by atoms with van der Waals surface area (Å²) in [5.41, 5.74) is 2.28. The van der Waals surface area contributed by atoms with Gasteiger partial charge in [-0.15, -0.1) is 0 Å². The van der Waals surface area contributed by atoms with E-state index in [1.54, 1.807) is 79.9 Å². The summed E-state index contributed by atoms with van der Waals surface area (Å²) in [7, 11) is 3.10. The maximum atomic E-state index is 12.7. The van der Waals surface area contributed by atoms with E-state index in [0.717, 1.165) is 4.90 Å². The van der Waals surface area contributed by atoms with Gasteiger partial charge in [0.25, 0.3) is 11.8 Å². The fourth-order valence-electron chi connectivity index (χ4n) is 3.45. The van der Waals surface area contributed by atoms with Crippen LogP contribution in [0, 0.1) is 0 Å². The molecule has 0 aliphatic carbocycles. The molecule has 0 spiro atoms. The third-order valence-electron chi connectivity index (χ3n) is 5.02. The molecule has 0 saturated carbocycles. The lowest BCUT2D eigenvalue weighted by atomic mass is 10.1. The van der Waals surface area contributed by atoms with E-state index in [9.17, 15) is 14.4 Å². The van der Waals surface area contributed by atoms with E-state index in [2.05, 4.69) is 5.32 Å². The normalized spacial score (nSPS) is 12.8. The Kier molecular flexibility index (Phi) is 5.72. The Morgan fingerprint density at radius 2 is 1.59 bits per heavy atom. The number of hydrogen-bond acceptors (Lipinski definition) is 5.